The summed E-state index contributed by atoms with van der Waals surface area (Å²) in [4.78, 5) is 12.1. The molecule has 0 aromatic heterocycles. The normalized spacial score (nSPS) is 11.0. The summed E-state index contributed by atoms with van der Waals surface area (Å²) >= 11 is 0. The van der Waals surface area contributed by atoms with Gasteiger partial charge in [-0.1, -0.05) is 18.2 Å². The molecule has 1 amide bonds. The highest BCUT2D eigenvalue weighted by molar-refractivity contribution is 5.79. The number of carbonyl (C=O) groups excluding carboxylic acids is 1. The summed E-state index contributed by atoms with van der Waals surface area (Å²) in [6.45, 7) is 0.184. The maximum absolute atomic E-state index is 12.1. The van der Waals surface area contributed by atoms with Gasteiger partial charge in [0.1, 0.15) is 17.2 Å². The fourth-order valence-electron chi connectivity index (χ4n) is 2.24. The van der Waals surface area contributed by atoms with E-state index in [1.54, 1.807) is 18.2 Å². The number of rotatable bonds is 7. The van der Waals surface area contributed by atoms with Crippen molar-refractivity contribution in [3.05, 3.63) is 53.6 Å². The second kappa shape index (κ2) is 8.46. The van der Waals surface area contributed by atoms with Gasteiger partial charge in [0.2, 0.25) is 5.91 Å². The first kappa shape index (κ1) is 19.4. The van der Waals surface area contributed by atoms with Crippen molar-refractivity contribution in [1.29, 1.82) is 0 Å². The van der Waals surface area contributed by atoms with Crippen LogP contribution in [0.15, 0.2) is 42.5 Å². The highest BCUT2D eigenvalue weighted by Gasteiger charge is 2.30. The van der Waals surface area contributed by atoms with Crippen molar-refractivity contribution >= 4 is 5.91 Å². The Labute approximate surface area is 148 Å². The highest BCUT2D eigenvalue weighted by atomic mass is 19.4. The first-order chi connectivity index (χ1) is 12.3. The van der Waals surface area contributed by atoms with Crippen LogP contribution in [0.4, 0.5) is 13.2 Å². The molecule has 0 fully saturated rings. The molecular weight excluding hydrogens is 351 g/mol. The highest BCUT2D eigenvalue weighted by Crippen LogP contribution is 2.25. The largest absolute Gasteiger partial charge is 0.573 e. The molecule has 2 rings (SSSR count). The summed E-state index contributed by atoms with van der Waals surface area (Å²) in [7, 11) is 3.03. The zero-order valence-corrected chi connectivity index (χ0v) is 14.2. The smallest absolute Gasteiger partial charge is 0.497 e. The van der Waals surface area contributed by atoms with E-state index in [9.17, 15) is 18.0 Å². The first-order valence-electron chi connectivity index (χ1n) is 7.63. The van der Waals surface area contributed by atoms with Crippen LogP contribution in [0.3, 0.4) is 0 Å². The third-order valence-corrected chi connectivity index (χ3v) is 3.49. The van der Waals surface area contributed by atoms with Gasteiger partial charge in [0, 0.05) is 18.2 Å². The van der Waals surface area contributed by atoms with Crippen LogP contribution in [0.25, 0.3) is 0 Å². The Morgan fingerprint density at radius 3 is 2.23 bits per heavy atom. The average molecular weight is 369 g/mol. The lowest BCUT2D eigenvalue weighted by Gasteiger charge is -2.11. The summed E-state index contributed by atoms with van der Waals surface area (Å²) in [6.07, 6.45) is -4.63. The van der Waals surface area contributed by atoms with Crippen LogP contribution in [-0.4, -0.2) is 26.5 Å². The second-order valence-electron chi connectivity index (χ2n) is 5.32. The minimum atomic E-state index is -4.73. The number of ether oxygens (including phenoxy) is 3. The summed E-state index contributed by atoms with van der Waals surface area (Å²) in [5.41, 5.74) is 1.34. The number of carbonyl (C=O) groups is 1. The Bertz CT molecular complexity index is 745. The minimum Gasteiger partial charge on any atom is -0.497 e. The summed E-state index contributed by atoms with van der Waals surface area (Å²) in [5, 5.41) is 2.71. The van der Waals surface area contributed by atoms with Crippen molar-refractivity contribution in [3.63, 3.8) is 0 Å². The van der Waals surface area contributed by atoms with Crippen LogP contribution < -0.4 is 19.5 Å². The molecule has 0 aliphatic rings. The van der Waals surface area contributed by atoms with E-state index in [2.05, 4.69) is 10.1 Å². The topological polar surface area (TPSA) is 56.8 Å². The predicted molar refractivity (Wildman–Crippen MR) is 88.2 cm³/mol. The van der Waals surface area contributed by atoms with Gasteiger partial charge in [-0.25, -0.2) is 0 Å². The molecular formula is C18H18F3NO4. The van der Waals surface area contributed by atoms with Gasteiger partial charge in [-0.2, -0.15) is 0 Å². The lowest BCUT2D eigenvalue weighted by atomic mass is 10.1. The predicted octanol–water partition coefficient (Wildman–Crippen LogP) is 3.46. The van der Waals surface area contributed by atoms with E-state index >= 15 is 0 Å². The molecule has 0 aliphatic heterocycles. The molecule has 140 valence electrons. The summed E-state index contributed by atoms with van der Waals surface area (Å²) < 4.78 is 50.5. The van der Waals surface area contributed by atoms with E-state index in [-0.39, 0.29) is 24.6 Å². The third kappa shape index (κ3) is 5.87. The maximum Gasteiger partial charge on any atom is 0.573 e. The van der Waals surface area contributed by atoms with E-state index in [0.29, 0.717) is 22.6 Å². The average Bonchev–Trinajstić information content (AvgIpc) is 2.60. The number of alkyl halides is 3. The van der Waals surface area contributed by atoms with Crippen LogP contribution in [0.1, 0.15) is 11.1 Å². The Morgan fingerprint density at radius 1 is 1.00 bits per heavy atom. The zero-order valence-electron chi connectivity index (χ0n) is 14.2. The van der Waals surface area contributed by atoms with E-state index in [1.165, 1.54) is 38.5 Å². The Morgan fingerprint density at radius 2 is 1.65 bits per heavy atom. The molecule has 0 radical (unpaired) electrons. The van der Waals surface area contributed by atoms with Crippen LogP contribution >= 0.6 is 0 Å². The van der Waals surface area contributed by atoms with Gasteiger partial charge in [0.05, 0.1) is 20.6 Å². The number of hydrogen-bond acceptors (Lipinski definition) is 4. The van der Waals surface area contributed by atoms with Crippen molar-refractivity contribution in [2.75, 3.05) is 14.2 Å². The number of benzene rings is 2. The van der Waals surface area contributed by atoms with Gasteiger partial charge in [0.15, 0.2) is 0 Å². The SMILES string of the molecule is COc1ccc(CC(=O)NCc2ccc(OC(F)(F)F)cc2)c(OC)c1. The molecule has 0 bridgehead atoms. The Balaban J connectivity index is 1.91. The third-order valence-electron chi connectivity index (χ3n) is 3.49. The molecule has 1 N–H and O–H groups in total. The molecule has 0 saturated carbocycles. The number of hydrogen-bond donors (Lipinski definition) is 1. The van der Waals surface area contributed by atoms with E-state index in [1.807, 2.05) is 0 Å². The van der Waals surface area contributed by atoms with Crippen molar-refractivity contribution in [3.8, 4) is 17.2 Å². The van der Waals surface area contributed by atoms with Crippen LogP contribution in [-0.2, 0) is 17.8 Å². The van der Waals surface area contributed by atoms with Gasteiger partial charge in [-0.05, 0) is 23.8 Å². The molecule has 26 heavy (non-hydrogen) atoms. The standard InChI is InChI=1S/C18H18F3NO4/c1-24-15-8-5-13(16(10-15)25-2)9-17(23)22-11-12-3-6-14(7-4-12)26-18(19,20)21/h3-8,10H,9,11H2,1-2H3,(H,22,23). The number of amides is 1. The van der Waals surface area contributed by atoms with E-state index in [0.717, 1.165) is 0 Å². The van der Waals surface area contributed by atoms with Gasteiger partial charge in [-0.3, -0.25) is 4.79 Å². The van der Waals surface area contributed by atoms with E-state index < -0.39 is 6.36 Å². The zero-order chi connectivity index (χ0) is 19.2. The van der Waals surface area contributed by atoms with E-state index in [4.69, 9.17) is 9.47 Å². The lowest BCUT2D eigenvalue weighted by Crippen LogP contribution is -2.24. The number of halogens is 3. The van der Waals surface area contributed by atoms with Crippen molar-refractivity contribution < 1.29 is 32.2 Å². The van der Waals surface area contributed by atoms with Gasteiger partial charge < -0.3 is 19.5 Å². The van der Waals surface area contributed by atoms with Crippen molar-refractivity contribution in [2.45, 2.75) is 19.3 Å². The molecule has 5 nitrogen and oxygen atoms in total. The second-order valence-corrected chi connectivity index (χ2v) is 5.32. The lowest BCUT2D eigenvalue weighted by molar-refractivity contribution is -0.274. The summed E-state index contributed by atoms with van der Waals surface area (Å²) in [6, 6.07) is 10.4. The number of methoxy groups -OCH3 is 2. The Kier molecular flexibility index (Phi) is 6.32. The molecule has 0 saturated heterocycles. The fraction of sp³-hybridized carbons (Fsp3) is 0.278. The fourth-order valence-corrected chi connectivity index (χ4v) is 2.24. The van der Waals surface area contributed by atoms with Gasteiger partial charge >= 0.3 is 6.36 Å². The quantitative estimate of drug-likeness (QED) is 0.812. The first-order valence-corrected chi connectivity index (χ1v) is 7.63. The van der Waals surface area contributed by atoms with Crippen LogP contribution in [0, 0.1) is 0 Å². The molecule has 8 heteroatoms. The molecule has 0 spiro atoms. The minimum absolute atomic E-state index is 0.0996. The van der Waals surface area contributed by atoms with Crippen LogP contribution in [0.5, 0.6) is 17.2 Å². The molecule has 0 atom stereocenters. The number of nitrogens with one attached hydrogen (secondary N) is 1. The van der Waals surface area contributed by atoms with Crippen molar-refractivity contribution in [2.24, 2.45) is 0 Å². The summed E-state index contributed by atoms with van der Waals surface area (Å²) in [5.74, 6) is 0.597. The molecule has 0 heterocycles. The molecule has 0 aliphatic carbocycles. The molecule has 2 aromatic rings. The van der Waals surface area contributed by atoms with Crippen molar-refractivity contribution in [1.82, 2.24) is 5.32 Å². The van der Waals surface area contributed by atoms with Crippen LogP contribution in [0.2, 0.25) is 0 Å². The van der Waals surface area contributed by atoms with Gasteiger partial charge in [-0.15, -0.1) is 13.2 Å². The molecule has 0 unspecified atom stereocenters. The Hall–Kier alpha value is -2.90. The molecule has 2 aromatic carbocycles. The maximum atomic E-state index is 12.1. The van der Waals surface area contributed by atoms with Gasteiger partial charge in [0.25, 0.3) is 0 Å². The monoisotopic (exact) mass is 369 g/mol.